The van der Waals surface area contributed by atoms with Gasteiger partial charge in [0.25, 0.3) is 0 Å². The number of halogens is 2. The molecule has 2 heterocycles. The van der Waals surface area contributed by atoms with Crippen molar-refractivity contribution >= 4 is 46.1 Å². The smallest absolute Gasteiger partial charge is 0.413 e. The molecule has 172 valence electrons. The molecule has 0 aliphatic heterocycles. The van der Waals surface area contributed by atoms with Crippen LogP contribution >= 0.6 is 11.6 Å². The van der Waals surface area contributed by atoms with Gasteiger partial charge in [-0.1, -0.05) is 11.6 Å². The van der Waals surface area contributed by atoms with E-state index in [2.05, 4.69) is 25.8 Å². The van der Waals surface area contributed by atoms with E-state index in [1.54, 1.807) is 45.2 Å². The van der Waals surface area contributed by atoms with Crippen molar-refractivity contribution in [1.29, 1.82) is 0 Å². The van der Waals surface area contributed by atoms with Gasteiger partial charge in [-0.2, -0.15) is 0 Å². The van der Waals surface area contributed by atoms with Gasteiger partial charge in [0.2, 0.25) is 5.91 Å². The number of fused-ring (bicyclic) bond motifs is 1. The second kappa shape index (κ2) is 8.55. The lowest BCUT2D eigenvalue weighted by atomic mass is 10.0. The predicted molar refractivity (Wildman–Crippen MR) is 124 cm³/mol. The van der Waals surface area contributed by atoms with Crippen LogP contribution in [-0.4, -0.2) is 39.0 Å². The number of carbonyl (C=O) groups is 2. The molecule has 1 aromatic carbocycles. The van der Waals surface area contributed by atoms with Crippen molar-refractivity contribution in [2.75, 3.05) is 10.6 Å². The van der Waals surface area contributed by atoms with Crippen LogP contribution in [0.25, 0.3) is 22.0 Å². The van der Waals surface area contributed by atoms with Crippen LogP contribution in [0.1, 0.15) is 32.8 Å². The second-order valence-electron chi connectivity index (χ2n) is 8.98. The van der Waals surface area contributed by atoms with Gasteiger partial charge in [-0.25, -0.2) is 14.2 Å². The number of aromatic nitrogens is 3. The first kappa shape index (κ1) is 22.8. The van der Waals surface area contributed by atoms with Crippen LogP contribution in [-0.2, 0) is 9.53 Å². The molecule has 1 aliphatic rings. The molecule has 2 amide bonds. The lowest BCUT2D eigenvalue weighted by Gasteiger charge is -2.19. The van der Waals surface area contributed by atoms with E-state index in [4.69, 9.17) is 16.3 Å². The molecule has 0 spiro atoms. The Balaban J connectivity index is 1.59. The van der Waals surface area contributed by atoms with Gasteiger partial charge >= 0.3 is 6.09 Å². The molecule has 1 aliphatic carbocycles. The largest absolute Gasteiger partial charge is 0.444 e. The van der Waals surface area contributed by atoms with Crippen molar-refractivity contribution in [3.8, 4) is 11.1 Å². The fourth-order valence-corrected chi connectivity index (χ4v) is 3.59. The Kier molecular flexibility index (Phi) is 5.92. The van der Waals surface area contributed by atoms with E-state index in [1.165, 1.54) is 0 Å². The van der Waals surface area contributed by atoms with E-state index in [9.17, 15) is 14.0 Å². The maximum absolute atomic E-state index is 13.1. The molecule has 0 bridgehead atoms. The molecule has 0 radical (unpaired) electrons. The zero-order valence-corrected chi connectivity index (χ0v) is 19.3. The molecule has 8 nitrogen and oxygen atoms in total. The van der Waals surface area contributed by atoms with Crippen molar-refractivity contribution in [2.45, 2.75) is 45.9 Å². The Morgan fingerprint density at radius 3 is 2.48 bits per heavy atom. The highest BCUT2D eigenvalue weighted by atomic mass is 35.5. The van der Waals surface area contributed by atoms with Gasteiger partial charge in [-0.3, -0.25) is 10.1 Å². The monoisotopic (exact) mass is 471 g/mol. The van der Waals surface area contributed by atoms with Gasteiger partial charge in [0.05, 0.1) is 10.9 Å². The third kappa shape index (κ3) is 5.36. The highest BCUT2D eigenvalue weighted by molar-refractivity contribution is 6.35. The number of hydrogen-bond acceptors (Lipinski definition) is 6. The van der Waals surface area contributed by atoms with Gasteiger partial charge in [-0.05, 0) is 69.5 Å². The Bertz CT molecular complexity index is 1260. The lowest BCUT2D eigenvalue weighted by molar-refractivity contribution is -0.117. The molecule has 4 rings (SSSR count). The molecule has 10 heteroatoms. The van der Waals surface area contributed by atoms with E-state index in [-0.39, 0.29) is 12.2 Å². The van der Waals surface area contributed by atoms with Crippen LogP contribution in [0.5, 0.6) is 0 Å². The minimum atomic E-state index is -1.09. The summed E-state index contributed by atoms with van der Waals surface area (Å²) in [7, 11) is 0. The quantitative estimate of drug-likeness (QED) is 0.535. The molecule has 2 atom stereocenters. The summed E-state index contributed by atoms with van der Waals surface area (Å²) in [6, 6.07) is 6.98. The van der Waals surface area contributed by atoms with Gasteiger partial charge < -0.3 is 10.1 Å². The van der Waals surface area contributed by atoms with Gasteiger partial charge in [0.1, 0.15) is 23.1 Å². The van der Waals surface area contributed by atoms with Crippen LogP contribution in [0.3, 0.4) is 0 Å². The Labute approximate surface area is 194 Å². The summed E-state index contributed by atoms with van der Waals surface area (Å²) in [6.07, 6.45) is 0.177. The molecule has 2 N–H and O–H groups in total. The zero-order valence-electron chi connectivity index (χ0n) is 18.6. The zero-order chi connectivity index (χ0) is 23.9. The third-order valence-electron chi connectivity index (χ3n) is 4.99. The number of nitrogens with one attached hydrogen (secondary N) is 2. The van der Waals surface area contributed by atoms with Gasteiger partial charge in [0, 0.05) is 17.1 Å². The molecule has 1 fully saturated rings. The van der Waals surface area contributed by atoms with Crippen LogP contribution < -0.4 is 10.6 Å². The SMILES string of the molecule is Cc1cc(NC(=O)OC(C)(C)C)ncc1-c1cc(Cl)c2nnc(NC(=O)[C@@H]3C[C@@H]3F)cc2c1. The highest BCUT2D eigenvalue weighted by Crippen LogP contribution is 2.35. The fraction of sp³-hybridized carbons (Fsp3) is 0.348. The number of carbonyl (C=O) groups excluding carboxylic acids is 2. The first-order chi connectivity index (χ1) is 15.5. The normalized spacial score (nSPS) is 17.5. The second-order valence-corrected chi connectivity index (χ2v) is 9.39. The van der Waals surface area contributed by atoms with Crippen molar-refractivity contribution in [2.24, 2.45) is 5.92 Å². The number of amides is 2. The maximum Gasteiger partial charge on any atom is 0.413 e. The number of hydrogen-bond donors (Lipinski definition) is 2. The van der Waals surface area contributed by atoms with Crippen LogP contribution in [0.15, 0.2) is 30.5 Å². The molecular weight excluding hydrogens is 449 g/mol. The van der Waals surface area contributed by atoms with Crippen molar-refractivity contribution in [1.82, 2.24) is 15.2 Å². The summed E-state index contributed by atoms with van der Waals surface area (Å²) in [5.41, 5.74) is 2.28. The predicted octanol–water partition coefficient (Wildman–Crippen LogP) is 5.30. The summed E-state index contributed by atoms with van der Waals surface area (Å²) in [5, 5.41) is 14.3. The molecule has 33 heavy (non-hydrogen) atoms. The summed E-state index contributed by atoms with van der Waals surface area (Å²) in [4.78, 5) is 28.3. The number of anilines is 2. The number of pyridine rings is 1. The summed E-state index contributed by atoms with van der Waals surface area (Å²) in [6.45, 7) is 7.23. The fourth-order valence-electron chi connectivity index (χ4n) is 3.32. The minimum absolute atomic E-state index is 0.228. The van der Waals surface area contributed by atoms with Gasteiger partial charge in [-0.15, -0.1) is 10.2 Å². The maximum atomic E-state index is 13.1. The van der Waals surface area contributed by atoms with E-state index >= 15 is 0 Å². The molecule has 0 saturated heterocycles. The molecule has 3 aromatic rings. The number of aryl methyl sites for hydroxylation is 1. The topological polar surface area (TPSA) is 106 Å². The van der Waals surface area contributed by atoms with E-state index in [1.807, 2.05) is 13.0 Å². The number of rotatable bonds is 4. The average Bonchev–Trinajstić information content (AvgIpc) is 3.43. The van der Waals surface area contributed by atoms with Crippen molar-refractivity contribution in [3.63, 3.8) is 0 Å². The van der Waals surface area contributed by atoms with Crippen LogP contribution in [0, 0.1) is 12.8 Å². The molecular formula is C23H23ClFN5O3. The molecule has 2 aromatic heterocycles. The van der Waals surface area contributed by atoms with Crippen molar-refractivity contribution < 1.29 is 18.7 Å². The summed E-state index contributed by atoms with van der Waals surface area (Å²) in [5.74, 6) is -0.448. The Morgan fingerprint density at radius 1 is 1.12 bits per heavy atom. The van der Waals surface area contributed by atoms with Crippen molar-refractivity contribution in [3.05, 3.63) is 41.0 Å². The summed E-state index contributed by atoms with van der Waals surface area (Å²) < 4.78 is 18.4. The number of benzene rings is 1. The minimum Gasteiger partial charge on any atom is -0.444 e. The first-order valence-corrected chi connectivity index (χ1v) is 10.8. The molecule has 0 unspecified atom stereocenters. The summed E-state index contributed by atoms with van der Waals surface area (Å²) >= 11 is 6.43. The Morgan fingerprint density at radius 2 is 1.85 bits per heavy atom. The van der Waals surface area contributed by atoms with Gasteiger partial charge in [0.15, 0.2) is 5.82 Å². The standard InChI is InChI=1S/C23H23ClFN5O3/c1-11-5-18(28-22(32)33-23(2,3)4)26-10-15(11)12-6-13-8-19(27-21(31)14-9-17(14)25)29-30-20(13)16(24)7-12/h5-8,10,14,17H,9H2,1-4H3,(H,26,28,32)(H,27,29,31)/t14-,17+/m1/s1. The number of alkyl halides is 1. The van der Waals surface area contributed by atoms with Crippen LogP contribution in [0.2, 0.25) is 5.02 Å². The third-order valence-corrected chi connectivity index (χ3v) is 5.28. The highest BCUT2D eigenvalue weighted by Gasteiger charge is 2.43. The first-order valence-electron chi connectivity index (χ1n) is 10.4. The van der Waals surface area contributed by atoms with E-state index < -0.39 is 29.7 Å². The average molecular weight is 472 g/mol. The van der Waals surface area contributed by atoms with E-state index in [0.717, 1.165) is 16.7 Å². The molecule has 1 saturated carbocycles. The lowest BCUT2D eigenvalue weighted by Crippen LogP contribution is -2.27. The number of ether oxygens (including phenoxy) is 1. The number of nitrogens with zero attached hydrogens (tertiary/aromatic N) is 3. The van der Waals surface area contributed by atoms with Crippen LogP contribution in [0.4, 0.5) is 20.8 Å². The Hall–Kier alpha value is -3.33. The van der Waals surface area contributed by atoms with E-state index in [0.29, 0.717) is 21.7 Å².